The molecule has 1 heterocycles. The fourth-order valence-electron chi connectivity index (χ4n) is 0.690. The van der Waals surface area contributed by atoms with E-state index in [0.717, 1.165) is 0 Å². The summed E-state index contributed by atoms with van der Waals surface area (Å²) in [4.78, 5) is 0. The van der Waals surface area contributed by atoms with E-state index in [0.29, 0.717) is 0 Å². The summed E-state index contributed by atoms with van der Waals surface area (Å²) in [5.74, 6) is 0. The predicted molar refractivity (Wildman–Crippen MR) is 44.9 cm³/mol. The number of aliphatic hydroxyl groups excluding tert-OH is 1. The maximum atomic E-state index is 8.99. The summed E-state index contributed by atoms with van der Waals surface area (Å²) in [6, 6.07) is 0. The smallest absolute Gasteiger partial charge is 0.245 e. The first-order valence-electron chi connectivity index (χ1n) is 3.59. The molecule has 1 aromatic rings. The highest BCUT2D eigenvalue weighted by Gasteiger charge is 2.03. The number of imidazole rings is 1. The zero-order chi connectivity index (χ0) is 11.4. The van der Waals surface area contributed by atoms with Crippen LogP contribution in [0.25, 0.3) is 0 Å². The van der Waals surface area contributed by atoms with Crippen LogP contribution in [0.5, 0.6) is 0 Å². The minimum atomic E-state index is -4.92. The summed E-state index contributed by atoms with van der Waals surface area (Å²) in [6.45, 7) is 1.72. The molecule has 1 aromatic heterocycles. The molecule has 2 N–H and O–H groups in total. The van der Waals surface area contributed by atoms with Crippen LogP contribution in [0.4, 0.5) is 0 Å². The van der Waals surface area contributed by atoms with E-state index in [9.17, 15) is 0 Å². The van der Waals surface area contributed by atoms with Crippen molar-refractivity contribution in [3.63, 3.8) is 0 Å². The van der Waals surface area contributed by atoms with Gasteiger partial charge in [-0.05, 0) is 0 Å². The molecule has 1 rings (SSSR count). The van der Waals surface area contributed by atoms with Gasteiger partial charge >= 0.3 is 0 Å². The second-order valence-electron chi connectivity index (χ2n) is 2.59. The number of aromatic nitrogens is 2. The summed E-state index contributed by atoms with van der Waals surface area (Å²) in [7, 11) is -3.00. The Morgan fingerprint density at radius 2 is 2.00 bits per heavy atom. The van der Waals surface area contributed by atoms with Gasteiger partial charge in [-0.3, -0.25) is 4.55 Å². The lowest BCUT2D eigenvalue weighted by Gasteiger charge is -1.94. The number of hydrogen-bond acceptors (Lipinski definition) is 4. The Kier molecular flexibility index (Phi) is 4.71. The molecule has 8 heteroatoms. The molecule has 1 unspecified atom stereocenters. The lowest BCUT2D eigenvalue weighted by atomic mass is 10.6. The standard InChI is InChI=1S/C6H11N2O.H2O4S/c1-6(9)8-4-3-7(2)5-8;1-5(2,3)4/h3-6,9H,1-2H3;(H2,1,2,3,4)/q+1;/p-1. The molecule has 0 saturated carbocycles. The molecule has 0 radical (unpaired) electrons. The van der Waals surface area contributed by atoms with Crippen LogP contribution in [0.3, 0.4) is 0 Å². The molecule has 0 bridgehead atoms. The molecule has 14 heavy (non-hydrogen) atoms. The van der Waals surface area contributed by atoms with E-state index >= 15 is 0 Å². The van der Waals surface area contributed by atoms with Gasteiger partial charge in [0.1, 0.15) is 12.4 Å². The summed E-state index contributed by atoms with van der Waals surface area (Å²) in [5, 5.41) is 8.99. The third kappa shape index (κ3) is 7.68. The van der Waals surface area contributed by atoms with Crippen molar-refractivity contribution in [1.29, 1.82) is 0 Å². The topological polar surface area (TPSA) is 106 Å². The molecular weight excluding hydrogens is 212 g/mol. The van der Waals surface area contributed by atoms with Crippen molar-refractivity contribution in [2.24, 2.45) is 7.05 Å². The second kappa shape index (κ2) is 5.05. The number of rotatable bonds is 1. The summed E-state index contributed by atoms with van der Waals surface area (Å²) >= 11 is 0. The van der Waals surface area contributed by atoms with E-state index < -0.39 is 16.6 Å². The minimum absolute atomic E-state index is 0.425. The normalized spacial score (nSPS) is 12.9. The first-order chi connectivity index (χ1) is 6.20. The van der Waals surface area contributed by atoms with Crippen molar-refractivity contribution in [2.45, 2.75) is 13.2 Å². The maximum absolute atomic E-state index is 8.99. The first-order valence-corrected chi connectivity index (χ1v) is 4.95. The minimum Gasteiger partial charge on any atom is -0.726 e. The number of hydrogen-bond donors (Lipinski definition) is 2. The third-order valence-electron chi connectivity index (χ3n) is 1.22. The van der Waals surface area contributed by atoms with Crippen molar-refractivity contribution in [1.82, 2.24) is 4.57 Å². The van der Waals surface area contributed by atoms with Gasteiger partial charge in [-0.25, -0.2) is 17.6 Å². The summed E-state index contributed by atoms with van der Waals surface area (Å²) in [5.41, 5.74) is 0. The lowest BCUT2D eigenvalue weighted by Crippen LogP contribution is -2.34. The van der Waals surface area contributed by atoms with Crippen molar-refractivity contribution >= 4 is 10.4 Å². The Balaban J connectivity index is 0.000000292. The van der Waals surface area contributed by atoms with Gasteiger partial charge in [0.15, 0.2) is 6.23 Å². The Bertz CT molecular complexity index is 361. The van der Waals surface area contributed by atoms with Gasteiger partial charge in [-0.15, -0.1) is 0 Å². The first kappa shape index (κ1) is 13.0. The van der Waals surface area contributed by atoms with Gasteiger partial charge < -0.3 is 9.66 Å². The van der Waals surface area contributed by atoms with E-state index in [-0.39, 0.29) is 0 Å². The fraction of sp³-hybridized carbons (Fsp3) is 0.500. The molecule has 1 atom stereocenters. The average molecular weight is 224 g/mol. The van der Waals surface area contributed by atoms with E-state index in [1.807, 2.05) is 30.3 Å². The number of nitrogens with zero attached hydrogens (tertiary/aromatic N) is 2. The van der Waals surface area contributed by atoms with E-state index in [4.69, 9.17) is 22.6 Å². The van der Waals surface area contributed by atoms with Gasteiger partial charge in [0, 0.05) is 6.92 Å². The molecule has 0 aromatic carbocycles. The lowest BCUT2D eigenvalue weighted by molar-refractivity contribution is -0.755. The van der Waals surface area contributed by atoms with Crippen LogP contribution in [0.15, 0.2) is 18.7 Å². The highest BCUT2D eigenvalue weighted by molar-refractivity contribution is 7.79. The Morgan fingerprint density at radius 1 is 1.57 bits per heavy atom. The molecule has 0 amide bonds. The van der Waals surface area contributed by atoms with Crippen LogP contribution >= 0.6 is 0 Å². The van der Waals surface area contributed by atoms with Crippen molar-refractivity contribution in [3.8, 4) is 0 Å². The Hall–Kier alpha value is -0.960. The molecule has 0 fully saturated rings. The van der Waals surface area contributed by atoms with Gasteiger partial charge in [-0.2, -0.15) is 0 Å². The van der Waals surface area contributed by atoms with Gasteiger partial charge in [0.2, 0.25) is 16.7 Å². The second-order valence-corrected chi connectivity index (χ2v) is 3.44. The van der Waals surface area contributed by atoms with Crippen LogP contribution < -0.4 is 4.57 Å². The molecule has 0 aliphatic heterocycles. The molecule has 0 spiro atoms. The largest absolute Gasteiger partial charge is 0.726 e. The van der Waals surface area contributed by atoms with Crippen LogP contribution in [-0.2, 0) is 17.4 Å². The van der Waals surface area contributed by atoms with Crippen molar-refractivity contribution < 1.29 is 27.2 Å². The quantitative estimate of drug-likeness (QED) is 0.355. The SMILES string of the molecule is CC(O)[n+]1ccn(C)c1.O=S(=O)([O-])O. The van der Waals surface area contributed by atoms with Crippen LogP contribution in [-0.4, -0.2) is 27.2 Å². The van der Waals surface area contributed by atoms with Crippen LogP contribution in [0.2, 0.25) is 0 Å². The molecule has 0 aliphatic carbocycles. The van der Waals surface area contributed by atoms with Gasteiger partial charge in [0.25, 0.3) is 0 Å². The van der Waals surface area contributed by atoms with Crippen LogP contribution in [0, 0.1) is 0 Å². The zero-order valence-corrected chi connectivity index (χ0v) is 8.55. The van der Waals surface area contributed by atoms with Crippen molar-refractivity contribution in [3.05, 3.63) is 18.7 Å². The molecule has 7 nitrogen and oxygen atoms in total. The fourth-order valence-corrected chi connectivity index (χ4v) is 0.690. The van der Waals surface area contributed by atoms with Gasteiger partial charge in [0.05, 0.1) is 7.05 Å². The van der Waals surface area contributed by atoms with E-state index in [1.165, 1.54) is 0 Å². The molecular formula is C6H12N2O5S. The van der Waals surface area contributed by atoms with E-state index in [2.05, 4.69) is 0 Å². The third-order valence-corrected chi connectivity index (χ3v) is 1.22. The highest BCUT2D eigenvalue weighted by atomic mass is 32.3. The summed E-state index contributed by atoms with van der Waals surface area (Å²) in [6.07, 6.45) is 5.10. The van der Waals surface area contributed by atoms with Crippen LogP contribution in [0.1, 0.15) is 13.2 Å². The summed E-state index contributed by atoms with van der Waals surface area (Å²) < 4.78 is 36.4. The molecule has 82 valence electrons. The molecule has 0 saturated heterocycles. The average Bonchev–Trinajstić information content (AvgIpc) is 2.31. The van der Waals surface area contributed by atoms with E-state index in [1.54, 1.807) is 11.5 Å². The van der Waals surface area contributed by atoms with Crippen molar-refractivity contribution in [2.75, 3.05) is 0 Å². The van der Waals surface area contributed by atoms with Gasteiger partial charge in [-0.1, -0.05) is 0 Å². The highest BCUT2D eigenvalue weighted by Crippen LogP contribution is 1.85. The Morgan fingerprint density at radius 3 is 2.14 bits per heavy atom. The predicted octanol–water partition coefficient (Wildman–Crippen LogP) is -1.17. The zero-order valence-electron chi connectivity index (χ0n) is 7.73. The number of aryl methyl sites for hydroxylation is 1. The monoisotopic (exact) mass is 224 g/mol. The Labute approximate surface area is 81.8 Å². The number of aliphatic hydroxyl groups is 1. The molecule has 0 aliphatic rings. The maximum Gasteiger partial charge on any atom is 0.245 e.